The Kier molecular flexibility index (Phi) is 7.82. The van der Waals surface area contributed by atoms with Gasteiger partial charge in [0.05, 0.1) is 6.17 Å². The normalized spacial score (nSPS) is 18.9. The van der Waals surface area contributed by atoms with E-state index in [0.717, 1.165) is 11.1 Å². The molecule has 4 aromatic rings. The summed E-state index contributed by atoms with van der Waals surface area (Å²) in [4.78, 5) is 43.7. The van der Waals surface area contributed by atoms with Crippen LogP contribution in [0.15, 0.2) is 103 Å². The zero-order valence-electron chi connectivity index (χ0n) is 23.7. The molecule has 2 amide bonds. The van der Waals surface area contributed by atoms with Gasteiger partial charge in [0.15, 0.2) is 0 Å². The molecule has 0 saturated carbocycles. The Morgan fingerprint density at radius 3 is 1.89 bits per heavy atom. The van der Waals surface area contributed by atoms with E-state index in [-0.39, 0.29) is 37.4 Å². The van der Waals surface area contributed by atoms with Crippen LogP contribution in [0.25, 0.3) is 0 Å². The standard InChI is InChI=1S/C35H30F3N3O3/c36-35(37,38)31(42)25-18-27-26(34(44)40(20-22-10-4-1-5-11-22)21-23-12-6-2-7-13-23)16-17-29-30(27)28(19-25)32(39)41(29)33(43)24-14-8-3-9-15-24/h1-17,25,28,32H,18-21,39H2. The summed E-state index contributed by atoms with van der Waals surface area (Å²) in [5.41, 5.74) is 10.3. The second-order valence-corrected chi connectivity index (χ2v) is 11.3. The van der Waals surface area contributed by atoms with Gasteiger partial charge < -0.3 is 10.6 Å². The summed E-state index contributed by atoms with van der Waals surface area (Å²) in [6.07, 6.45) is -6.49. The highest BCUT2D eigenvalue weighted by Gasteiger charge is 2.51. The van der Waals surface area contributed by atoms with Crippen LogP contribution < -0.4 is 10.6 Å². The summed E-state index contributed by atoms with van der Waals surface area (Å²) >= 11 is 0. The van der Waals surface area contributed by atoms with E-state index in [2.05, 4.69) is 0 Å². The SMILES string of the molecule is NC1C2CC(C(=O)C(F)(F)F)Cc3c(C(=O)N(Cc4ccccc4)Cc4ccccc4)ccc(c32)N1C(=O)c1ccccc1. The lowest BCUT2D eigenvalue weighted by molar-refractivity contribution is -0.176. The highest BCUT2D eigenvalue weighted by atomic mass is 19.4. The third-order valence-corrected chi connectivity index (χ3v) is 8.50. The molecular formula is C35H30F3N3O3. The molecule has 3 unspecified atom stereocenters. The first-order valence-electron chi connectivity index (χ1n) is 14.4. The fourth-order valence-electron chi connectivity index (χ4n) is 6.47. The smallest absolute Gasteiger partial charge is 0.330 e. The first-order valence-corrected chi connectivity index (χ1v) is 14.4. The largest absolute Gasteiger partial charge is 0.450 e. The van der Waals surface area contributed by atoms with Crippen molar-refractivity contribution in [2.24, 2.45) is 11.7 Å². The molecule has 0 fully saturated rings. The molecule has 0 aromatic heterocycles. The molecular weight excluding hydrogens is 567 g/mol. The molecule has 0 spiro atoms. The third-order valence-electron chi connectivity index (χ3n) is 8.50. The van der Waals surface area contributed by atoms with E-state index in [9.17, 15) is 27.6 Å². The fourth-order valence-corrected chi connectivity index (χ4v) is 6.47. The molecule has 224 valence electrons. The number of carbonyl (C=O) groups is 3. The zero-order chi connectivity index (χ0) is 31.0. The number of amides is 2. The van der Waals surface area contributed by atoms with Crippen LogP contribution in [-0.2, 0) is 24.3 Å². The number of anilines is 1. The van der Waals surface area contributed by atoms with Crippen LogP contribution in [0.5, 0.6) is 0 Å². The second kappa shape index (κ2) is 11.7. The van der Waals surface area contributed by atoms with Crippen LogP contribution in [0.4, 0.5) is 18.9 Å². The molecule has 2 aliphatic rings. The van der Waals surface area contributed by atoms with E-state index >= 15 is 0 Å². The van der Waals surface area contributed by atoms with E-state index in [4.69, 9.17) is 5.73 Å². The van der Waals surface area contributed by atoms with Gasteiger partial charge in [0.1, 0.15) is 0 Å². The molecule has 3 atom stereocenters. The van der Waals surface area contributed by atoms with Crippen LogP contribution in [0.1, 0.15) is 55.3 Å². The summed E-state index contributed by atoms with van der Waals surface area (Å²) in [6.45, 7) is 0.523. The number of nitrogens with zero attached hydrogens (tertiary/aromatic N) is 2. The van der Waals surface area contributed by atoms with Crippen LogP contribution in [0.3, 0.4) is 0 Å². The quantitative estimate of drug-likeness (QED) is 0.273. The summed E-state index contributed by atoms with van der Waals surface area (Å²) in [5.74, 6) is -4.80. The minimum absolute atomic E-state index is 0.173. The van der Waals surface area contributed by atoms with E-state index in [0.29, 0.717) is 22.4 Å². The van der Waals surface area contributed by atoms with Gasteiger partial charge >= 0.3 is 6.18 Å². The molecule has 9 heteroatoms. The van der Waals surface area contributed by atoms with Crippen LogP contribution >= 0.6 is 0 Å². The van der Waals surface area contributed by atoms with E-state index in [1.54, 1.807) is 47.4 Å². The maximum absolute atomic E-state index is 14.4. The van der Waals surface area contributed by atoms with E-state index < -0.39 is 35.9 Å². The Bertz CT molecular complexity index is 1650. The predicted octanol–water partition coefficient (Wildman–Crippen LogP) is 6.25. The molecule has 4 aromatic carbocycles. The lowest BCUT2D eigenvalue weighted by atomic mass is 9.73. The van der Waals surface area contributed by atoms with Gasteiger partial charge in [-0.05, 0) is 59.4 Å². The fraction of sp³-hybridized carbons (Fsp3) is 0.229. The molecule has 0 saturated heterocycles. The lowest BCUT2D eigenvalue weighted by Gasteiger charge is -2.32. The van der Waals surface area contributed by atoms with Crippen molar-refractivity contribution in [1.82, 2.24) is 4.90 Å². The highest BCUT2D eigenvalue weighted by Crippen LogP contribution is 2.51. The highest BCUT2D eigenvalue weighted by molar-refractivity contribution is 6.09. The van der Waals surface area contributed by atoms with Gasteiger partial charge in [0, 0.05) is 41.7 Å². The first-order chi connectivity index (χ1) is 21.1. The number of nitrogens with two attached hydrogens (primary N) is 1. The number of hydrogen-bond donors (Lipinski definition) is 1. The Morgan fingerprint density at radius 1 is 0.795 bits per heavy atom. The van der Waals surface area contributed by atoms with Crippen molar-refractivity contribution in [3.63, 3.8) is 0 Å². The lowest BCUT2D eigenvalue weighted by Crippen LogP contribution is -2.46. The van der Waals surface area contributed by atoms with Crippen molar-refractivity contribution in [3.8, 4) is 0 Å². The van der Waals surface area contributed by atoms with Crippen LogP contribution in [-0.4, -0.2) is 34.8 Å². The molecule has 1 aliphatic heterocycles. The van der Waals surface area contributed by atoms with E-state index in [1.807, 2.05) is 60.7 Å². The number of carbonyl (C=O) groups excluding carboxylic acids is 3. The summed E-state index contributed by atoms with van der Waals surface area (Å²) in [7, 11) is 0. The van der Waals surface area contributed by atoms with Crippen molar-refractivity contribution < 1.29 is 27.6 Å². The Labute approximate surface area is 252 Å². The van der Waals surface area contributed by atoms with Crippen molar-refractivity contribution in [1.29, 1.82) is 0 Å². The van der Waals surface area contributed by atoms with Gasteiger partial charge in [0.25, 0.3) is 11.8 Å². The van der Waals surface area contributed by atoms with Crippen molar-refractivity contribution in [2.75, 3.05) is 4.90 Å². The zero-order valence-corrected chi connectivity index (χ0v) is 23.7. The first kappa shape index (κ1) is 29.3. The van der Waals surface area contributed by atoms with Crippen LogP contribution in [0.2, 0.25) is 0 Å². The van der Waals surface area contributed by atoms with Gasteiger partial charge in [-0.15, -0.1) is 0 Å². The topological polar surface area (TPSA) is 83.7 Å². The Morgan fingerprint density at radius 2 is 1.34 bits per heavy atom. The Balaban J connectivity index is 1.45. The monoisotopic (exact) mass is 597 g/mol. The number of rotatable bonds is 7. The van der Waals surface area contributed by atoms with Crippen molar-refractivity contribution >= 4 is 23.3 Å². The van der Waals surface area contributed by atoms with Gasteiger partial charge in [-0.3, -0.25) is 19.3 Å². The molecule has 2 N–H and O–H groups in total. The number of benzene rings is 4. The number of hydrogen-bond acceptors (Lipinski definition) is 4. The van der Waals surface area contributed by atoms with Gasteiger partial charge in [-0.25, -0.2) is 0 Å². The second-order valence-electron chi connectivity index (χ2n) is 11.3. The third kappa shape index (κ3) is 5.51. The average molecular weight is 598 g/mol. The van der Waals surface area contributed by atoms with Gasteiger partial charge in [-0.1, -0.05) is 78.9 Å². The molecule has 44 heavy (non-hydrogen) atoms. The van der Waals surface area contributed by atoms with Gasteiger partial charge in [-0.2, -0.15) is 13.2 Å². The molecule has 6 nitrogen and oxygen atoms in total. The minimum atomic E-state index is -5.04. The number of halogens is 3. The molecule has 0 bridgehead atoms. The number of alkyl halides is 3. The number of ketones is 1. The molecule has 1 aliphatic carbocycles. The molecule has 0 radical (unpaired) electrons. The molecule has 6 rings (SSSR count). The van der Waals surface area contributed by atoms with E-state index in [1.165, 1.54) is 4.90 Å². The summed E-state index contributed by atoms with van der Waals surface area (Å²) in [5, 5.41) is 0. The Hall–Kier alpha value is -4.76. The molecule has 1 heterocycles. The number of Topliss-reactive ketones (excluding diaryl/α,β-unsaturated/α-hetero) is 1. The van der Waals surface area contributed by atoms with Crippen molar-refractivity contribution in [2.45, 2.75) is 44.2 Å². The maximum atomic E-state index is 14.4. The minimum Gasteiger partial charge on any atom is -0.330 e. The van der Waals surface area contributed by atoms with Crippen LogP contribution in [0, 0.1) is 5.92 Å². The van der Waals surface area contributed by atoms with Crippen molar-refractivity contribution in [3.05, 3.63) is 137 Å². The predicted molar refractivity (Wildman–Crippen MR) is 160 cm³/mol. The summed E-state index contributed by atoms with van der Waals surface area (Å²) in [6, 6.07) is 30.5. The van der Waals surface area contributed by atoms with Gasteiger partial charge in [0.2, 0.25) is 5.78 Å². The maximum Gasteiger partial charge on any atom is 0.450 e. The summed E-state index contributed by atoms with van der Waals surface area (Å²) < 4.78 is 41.2. The average Bonchev–Trinajstić information content (AvgIpc) is 3.32.